The van der Waals surface area contributed by atoms with Crippen LogP contribution in [0.25, 0.3) is 11.5 Å². The summed E-state index contributed by atoms with van der Waals surface area (Å²) < 4.78 is 5.05. The molecule has 8 nitrogen and oxygen atoms in total. The van der Waals surface area contributed by atoms with Crippen molar-refractivity contribution in [2.75, 3.05) is 7.11 Å². The second-order valence-corrected chi connectivity index (χ2v) is 6.81. The molecule has 2 heterocycles. The summed E-state index contributed by atoms with van der Waals surface area (Å²) in [6, 6.07) is 3.23. The van der Waals surface area contributed by atoms with Crippen LogP contribution in [0.5, 0.6) is 17.4 Å². The minimum absolute atomic E-state index is 0.0446. The highest BCUT2D eigenvalue weighted by molar-refractivity contribution is 5.96. The van der Waals surface area contributed by atoms with Gasteiger partial charge in [0.25, 0.3) is 11.8 Å². The Bertz CT molecular complexity index is 804. The first-order chi connectivity index (χ1) is 13.0. The van der Waals surface area contributed by atoms with E-state index in [-0.39, 0.29) is 17.6 Å². The lowest BCUT2D eigenvalue weighted by Gasteiger charge is -2.28. The molecule has 0 saturated heterocycles. The lowest BCUT2D eigenvalue weighted by Crippen LogP contribution is -2.39. The molecule has 1 aliphatic rings. The molecule has 8 heteroatoms. The fraction of sp³-hybridized carbons (Fsp3) is 0.474. The highest BCUT2D eigenvalue weighted by Gasteiger charge is 2.25. The van der Waals surface area contributed by atoms with Gasteiger partial charge in [0.2, 0.25) is 5.75 Å². The van der Waals surface area contributed by atoms with E-state index in [0.717, 1.165) is 25.7 Å². The molecule has 27 heavy (non-hydrogen) atoms. The Morgan fingerprint density at radius 3 is 2.59 bits per heavy atom. The number of amides is 1. The van der Waals surface area contributed by atoms with E-state index in [4.69, 9.17) is 4.74 Å². The van der Waals surface area contributed by atoms with Crippen LogP contribution in [0, 0.1) is 5.92 Å². The van der Waals surface area contributed by atoms with Crippen LogP contribution in [0.4, 0.5) is 0 Å². The van der Waals surface area contributed by atoms with Gasteiger partial charge in [-0.1, -0.05) is 19.3 Å². The molecule has 1 saturated carbocycles. The molecule has 1 aliphatic carbocycles. The Morgan fingerprint density at radius 1 is 1.22 bits per heavy atom. The number of hydrogen-bond acceptors (Lipinski definition) is 7. The number of carbonyl (C=O) groups is 1. The predicted octanol–water partition coefficient (Wildman–Crippen LogP) is 2.66. The molecule has 3 rings (SSSR count). The van der Waals surface area contributed by atoms with Crippen LogP contribution in [-0.2, 0) is 0 Å². The second kappa shape index (κ2) is 8.20. The maximum Gasteiger partial charge on any atom is 0.274 e. The summed E-state index contributed by atoms with van der Waals surface area (Å²) in [5, 5.41) is 22.9. The molecule has 1 atom stereocenters. The molecule has 0 aliphatic heterocycles. The number of hydrogen-bond donors (Lipinski definition) is 3. The van der Waals surface area contributed by atoms with E-state index in [2.05, 4.69) is 20.3 Å². The molecule has 1 amide bonds. The number of pyridine rings is 1. The third-order valence-corrected chi connectivity index (χ3v) is 5.00. The lowest BCUT2D eigenvalue weighted by molar-refractivity contribution is 0.0910. The number of rotatable bonds is 5. The fourth-order valence-corrected chi connectivity index (χ4v) is 3.38. The Labute approximate surface area is 157 Å². The smallest absolute Gasteiger partial charge is 0.274 e. The van der Waals surface area contributed by atoms with E-state index in [1.165, 1.54) is 19.7 Å². The molecule has 144 valence electrons. The van der Waals surface area contributed by atoms with Crippen molar-refractivity contribution < 1.29 is 19.7 Å². The van der Waals surface area contributed by atoms with Gasteiger partial charge >= 0.3 is 0 Å². The van der Waals surface area contributed by atoms with Crippen molar-refractivity contribution in [1.82, 2.24) is 20.3 Å². The molecular weight excluding hydrogens is 348 g/mol. The number of methoxy groups -OCH3 is 1. The van der Waals surface area contributed by atoms with Gasteiger partial charge in [0.05, 0.1) is 13.3 Å². The summed E-state index contributed by atoms with van der Waals surface area (Å²) in [5.41, 5.74) is 0.0817. The molecule has 1 fully saturated rings. The standard InChI is InChI=1S/C19H24N4O4/c1-11(12-6-4-3-5-7-12)21-18(25)15-16(24)19(26)23-17(22-15)14-9-8-13(27-2)10-20-14/h8-12,24H,3-7H2,1-2H3,(H,21,25)(H,22,23,26)/t11-/m1/s1. The molecule has 0 unspecified atom stereocenters. The van der Waals surface area contributed by atoms with Crippen molar-refractivity contribution in [2.45, 2.75) is 45.1 Å². The summed E-state index contributed by atoms with van der Waals surface area (Å²) in [6.07, 6.45) is 7.19. The molecular formula is C19H24N4O4. The third-order valence-electron chi connectivity index (χ3n) is 5.00. The lowest BCUT2D eigenvalue weighted by atomic mass is 9.84. The van der Waals surface area contributed by atoms with Crippen molar-refractivity contribution >= 4 is 5.91 Å². The van der Waals surface area contributed by atoms with Gasteiger partial charge in [0.15, 0.2) is 11.5 Å². The maximum atomic E-state index is 12.6. The zero-order valence-corrected chi connectivity index (χ0v) is 15.5. The van der Waals surface area contributed by atoms with Crippen LogP contribution in [0.1, 0.15) is 49.5 Å². The average Bonchev–Trinajstić information content (AvgIpc) is 2.70. The molecule has 0 bridgehead atoms. The summed E-state index contributed by atoms with van der Waals surface area (Å²) in [6.45, 7) is 1.96. The second-order valence-electron chi connectivity index (χ2n) is 6.81. The van der Waals surface area contributed by atoms with Crippen LogP contribution in [0.2, 0.25) is 0 Å². The van der Waals surface area contributed by atoms with Crippen molar-refractivity contribution in [1.29, 1.82) is 0 Å². The van der Waals surface area contributed by atoms with Gasteiger partial charge in [-0.15, -0.1) is 0 Å². The Kier molecular flexibility index (Phi) is 5.73. The number of carbonyl (C=O) groups excluding carboxylic acids is 1. The molecule has 0 aromatic carbocycles. The number of ether oxygens (including phenoxy) is 1. The van der Waals surface area contributed by atoms with Gasteiger partial charge in [-0.2, -0.15) is 4.98 Å². The van der Waals surface area contributed by atoms with Gasteiger partial charge in [-0.05, 0) is 37.8 Å². The third kappa shape index (κ3) is 4.27. The van der Waals surface area contributed by atoms with E-state index in [0.29, 0.717) is 17.4 Å². The molecule has 3 N–H and O–H groups in total. The van der Waals surface area contributed by atoms with Crippen LogP contribution < -0.4 is 10.1 Å². The van der Waals surface area contributed by atoms with Gasteiger partial charge in [-0.25, -0.2) is 9.97 Å². The number of aromatic hydroxyl groups is 2. The Balaban J connectivity index is 1.83. The van der Waals surface area contributed by atoms with Gasteiger partial charge in [-0.3, -0.25) is 4.79 Å². The van der Waals surface area contributed by atoms with Gasteiger partial charge in [0.1, 0.15) is 11.4 Å². The Morgan fingerprint density at radius 2 is 1.96 bits per heavy atom. The van der Waals surface area contributed by atoms with Crippen molar-refractivity contribution in [3.8, 4) is 28.9 Å². The number of nitrogens with one attached hydrogen (secondary N) is 1. The van der Waals surface area contributed by atoms with Gasteiger partial charge in [0, 0.05) is 6.04 Å². The van der Waals surface area contributed by atoms with E-state index in [1.807, 2.05) is 6.92 Å². The van der Waals surface area contributed by atoms with Crippen molar-refractivity contribution in [2.24, 2.45) is 5.92 Å². The first-order valence-electron chi connectivity index (χ1n) is 9.11. The average molecular weight is 372 g/mol. The summed E-state index contributed by atoms with van der Waals surface area (Å²) in [5.74, 6) is -0.834. The van der Waals surface area contributed by atoms with E-state index in [9.17, 15) is 15.0 Å². The van der Waals surface area contributed by atoms with Crippen LogP contribution >= 0.6 is 0 Å². The quantitative estimate of drug-likeness (QED) is 0.738. The van der Waals surface area contributed by atoms with Crippen molar-refractivity contribution in [3.05, 3.63) is 24.0 Å². The number of aromatic nitrogens is 3. The van der Waals surface area contributed by atoms with Crippen LogP contribution in [0.3, 0.4) is 0 Å². The highest BCUT2D eigenvalue weighted by Crippen LogP contribution is 2.30. The summed E-state index contributed by atoms with van der Waals surface area (Å²) >= 11 is 0. The largest absolute Gasteiger partial charge is 0.501 e. The van der Waals surface area contributed by atoms with Crippen LogP contribution in [0.15, 0.2) is 18.3 Å². The van der Waals surface area contributed by atoms with Gasteiger partial charge < -0.3 is 20.3 Å². The highest BCUT2D eigenvalue weighted by atomic mass is 16.5. The normalized spacial score (nSPS) is 15.9. The first kappa shape index (κ1) is 18.9. The molecule has 2 aromatic rings. The minimum Gasteiger partial charge on any atom is -0.501 e. The van der Waals surface area contributed by atoms with E-state index >= 15 is 0 Å². The summed E-state index contributed by atoms with van der Waals surface area (Å²) in [4.78, 5) is 24.7. The monoisotopic (exact) mass is 372 g/mol. The fourth-order valence-electron chi connectivity index (χ4n) is 3.38. The molecule has 2 aromatic heterocycles. The number of nitrogens with zero attached hydrogens (tertiary/aromatic N) is 3. The zero-order chi connectivity index (χ0) is 19.4. The molecule has 0 radical (unpaired) electrons. The topological polar surface area (TPSA) is 117 Å². The predicted molar refractivity (Wildman–Crippen MR) is 98.6 cm³/mol. The first-order valence-corrected chi connectivity index (χ1v) is 9.11. The maximum absolute atomic E-state index is 12.6. The summed E-state index contributed by atoms with van der Waals surface area (Å²) in [7, 11) is 1.52. The zero-order valence-electron chi connectivity index (χ0n) is 15.5. The minimum atomic E-state index is -0.659. The van der Waals surface area contributed by atoms with E-state index in [1.54, 1.807) is 12.1 Å². The van der Waals surface area contributed by atoms with E-state index < -0.39 is 17.5 Å². The molecule has 0 spiro atoms. The Hall–Kier alpha value is -2.90. The van der Waals surface area contributed by atoms with Crippen molar-refractivity contribution in [3.63, 3.8) is 0 Å². The SMILES string of the molecule is COc1ccc(-c2nc(O)c(O)c(C(=O)N[C@H](C)C3CCCCC3)n2)nc1. The van der Waals surface area contributed by atoms with Crippen LogP contribution in [-0.4, -0.2) is 44.2 Å².